The normalized spacial score (nSPS) is 12.2. The fourth-order valence-electron chi connectivity index (χ4n) is 7.03. The Balaban J connectivity index is 1.20. The van der Waals surface area contributed by atoms with Gasteiger partial charge in [0.25, 0.3) is 0 Å². The number of ether oxygens (including phenoxy) is 11. The van der Waals surface area contributed by atoms with Gasteiger partial charge in [-0.05, 0) is 32.7 Å². The van der Waals surface area contributed by atoms with Crippen molar-refractivity contribution in [3.8, 4) is 0 Å². The number of rotatable bonds is 45. The number of primary amides is 1. The van der Waals surface area contributed by atoms with Gasteiger partial charge in [0.1, 0.15) is 18.7 Å². The van der Waals surface area contributed by atoms with E-state index in [1.165, 1.54) is 0 Å². The smallest absolute Gasteiger partial charge is 0.243 e. The molecule has 4 aromatic carbocycles. The number of nitrogens with one attached hydrogen (secondary N) is 3. The number of carbonyl (C=O) groups excluding carboxylic acids is 4. The minimum Gasteiger partial charge on any atom is -0.379 e. The number of carbonyl (C=O) groups is 4. The molecule has 20 nitrogen and oxygen atoms in total. The van der Waals surface area contributed by atoms with E-state index >= 15 is 0 Å². The van der Waals surface area contributed by atoms with E-state index < -0.39 is 29.8 Å². The Labute approximate surface area is 428 Å². The van der Waals surface area contributed by atoms with Crippen molar-refractivity contribution in [2.45, 2.75) is 31.3 Å². The van der Waals surface area contributed by atoms with Crippen LogP contribution in [0.5, 0.6) is 0 Å². The summed E-state index contributed by atoms with van der Waals surface area (Å²) in [4.78, 5) is 52.2. The summed E-state index contributed by atoms with van der Waals surface area (Å²) in [6, 6.07) is 25.7. The molecule has 0 aliphatic carbocycles. The van der Waals surface area contributed by atoms with Gasteiger partial charge >= 0.3 is 0 Å². The Morgan fingerprint density at radius 1 is 0.411 bits per heavy atom. The topological polar surface area (TPSA) is 258 Å². The maximum absolute atomic E-state index is 14.3. The minimum absolute atomic E-state index is 0.00611. The Kier molecular flexibility index (Phi) is 32.5. The summed E-state index contributed by atoms with van der Waals surface area (Å²) in [5.41, 5.74) is 12.1. The van der Waals surface area contributed by atoms with Gasteiger partial charge in [-0.3, -0.25) is 19.2 Å². The molecule has 0 heterocycles. The van der Waals surface area contributed by atoms with Crippen molar-refractivity contribution in [2.75, 3.05) is 158 Å². The van der Waals surface area contributed by atoms with Crippen LogP contribution in [0.3, 0.4) is 0 Å². The molecular formula is C53H77N5O15. The monoisotopic (exact) mass is 1020 g/mol. The standard InChI is InChI=1S/C53H77N5O15/c54-14-17-64-20-23-67-26-29-70-32-31-69-28-25-66-22-19-63-16-13-51(60)57-49(40-43-10-12-45-6-2-4-8-47(45)38-43)53(62)58-48(39-42-9-11-44-5-1-3-7-46(44)37-42)52(61)56-15-18-65-21-24-68-27-30-71-33-34-72-35-36-73-41-50(55)59/h1-12,37-38,48-49H,13-36,39-41,54H2,(H2,55,59)(H,56,61)(H,57,60)(H,58,62)/t48-,49-/m0/s1. The number of benzene rings is 4. The average Bonchev–Trinajstić information content (AvgIpc) is 3.39. The molecule has 0 fully saturated rings. The lowest BCUT2D eigenvalue weighted by Crippen LogP contribution is -2.55. The summed E-state index contributed by atoms with van der Waals surface area (Å²) in [5, 5.41) is 12.9. The van der Waals surface area contributed by atoms with Gasteiger partial charge in [-0.15, -0.1) is 0 Å². The lowest BCUT2D eigenvalue weighted by Gasteiger charge is -2.24. The second kappa shape index (κ2) is 39.3. The molecule has 73 heavy (non-hydrogen) atoms. The third kappa shape index (κ3) is 28.2. The number of hydrogen-bond acceptors (Lipinski definition) is 16. The van der Waals surface area contributed by atoms with E-state index in [0.717, 1.165) is 32.7 Å². The fraction of sp³-hybridized carbons (Fsp3) is 0.547. The van der Waals surface area contributed by atoms with Crippen LogP contribution in [0, 0.1) is 0 Å². The molecule has 7 N–H and O–H groups in total. The maximum Gasteiger partial charge on any atom is 0.243 e. The zero-order valence-corrected chi connectivity index (χ0v) is 42.1. The molecule has 0 aliphatic heterocycles. The first-order valence-corrected chi connectivity index (χ1v) is 25.0. The third-order valence-electron chi connectivity index (χ3n) is 10.7. The lowest BCUT2D eigenvalue weighted by atomic mass is 9.99. The van der Waals surface area contributed by atoms with Gasteiger partial charge in [0.05, 0.1) is 139 Å². The Hall–Kier alpha value is -5.20. The first-order chi connectivity index (χ1) is 35.8. The second-order valence-electron chi connectivity index (χ2n) is 16.4. The molecule has 2 atom stereocenters. The summed E-state index contributed by atoms with van der Waals surface area (Å²) >= 11 is 0. The molecule has 0 aromatic heterocycles. The van der Waals surface area contributed by atoms with E-state index in [1.807, 2.05) is 84.9 Å². The average molecular weight is 1020 g/mol. The Morgan fingerprint density at radius 2 is 0.781 bits per heavy atom. The number of hydrogen-bond donors (Lipinski definition) is 5. The predicted molar refractivity (Wildman–Crippen MR) is 274 cm³/mol. The van der Waals surface area contributed by atoms with E-state index in [0.29, 0.717) is 119 Å². The van der Waals surface area contributed by atoms with Gasteiger partial charge < -0.3 is 79.5 Å². The number of nitrogens with two attached hydrogens (primary N) is 2. The fourth-order valence-corrected chi connectivity index (χ4v) is 7.03. The number of fused-ring (bicyclic) bond motifs is 2. The van der Waals surface area contributed by atoms with Crippen LogP contribution in [-0.2, 0) is 84.1 Å². The quantitative estimate of drug-likeness (QED) is 0.0396. The lowest BCUT2D eigenvalue weighted by molar-refractivity contribution is -0.132. The third-order valence-corrected chi connectivity index (χ3v) is 10.7. The molecular weight excluding hydrogens is 947 g/mol. The van der Waals surface area contributed by atoms with E-state index in [2.05, 4.69) is 16.0 Å². The molecule has 0 unspecified atom stereocenters. The largest absolute Gasteiger partial charge is 0.379 e. The molecule has 0 saturated heterocycles. The summed E-state index contributed by atoms with van der Waals surface area (Å²) in [6.45, 7) is 8.31. The Bertz CT molecular complexity index is 2130. The van der Waals surface area contributed by atoms with Crippen molar-refractivity contribution in [2.24, 2.45) is 11.5 Å². The SMILES string of the molecule is NCCOCCOCCOCCOCCOCCOCCC(=O)N[C@@H](Cc1ccc2ccccc2c1)C(=O)N[C@@H](Cc1ccc2ccccc2c1)C(=O)NCCOCCOCCOCCOCCOCC(N)=O. The van der Waals surface area contributed by atoms with Crippen LogP contribution in [0.4, 0.5) is 0 Å². The molecule has 4 aromatic rings. The minimum atomic E-state index is -1.00. The van der Waals surface area contributed by atoms with Crippen LogP contribution < -0.4 is 27.4 Å². The van der Waals surface area contributed by atoms with Crippen molar-refractivity contribution in [1.29, 1.82) is 0 Å². The van der Waals surface area contributed by atoms with E-state index in [-0.39, 0.29) is 64.7 Å². The van der Waals surface area contributed by atoms with Crippen molar-refractivity contribution >= 4 is 45.2 Å². The highest BCUT2D eigenvalue weighted by atomic mass is 16.6. The van der Waals surface area contributed by atoms with E-state index in [9.17, 15) is 19.2 Å². The van der Waals surface area contributed by atoms with E-state index in [1.54, 1.807) is 0 Å². The molecule has 4 amide bonds. The maximum atomic E-state index is 14.3. The zero-order valence-electron chi connectivity index (χ0n) is 42.1. The second-order valence-corrected chi connectivity index (χ2v) is 16.4. The van der Waals surface area contributed by atoms with Crippen LogP contribution in [0.1, 0.15) is 17.5 Å². The molecule has 0 aliphatic rings. The van der Waals surface area contributed by atoms with Crippen molar-refractivity contribution in [3.05, 3.63) is 96.1 Å². The van der Waals surface area contributed by atoms with Gasteiger partial charge in [0, 0.05) is 32.4 Å². The summed E-state index contributed by atoms with van der Waals surface area (Å²) in [5.74, 6) is -1.81. The van der Waals surface area contributed by atoms with Crippen LogP contribution in [0.25, 0.3) is 21.5 Å². The first kappa shape index (κ1) is 60.4. The first-order valence-electron chi connectivity index (χ1n) is 25.0. The molecule has 0 saturated carbocycles. The van der Waals surface area contributed by atoms with Gasteiger partial charge in [0.15, 0.2) is 0 Å². The molecule has 20 heteroatoms. The van der Waals surface area contributed by atoms with E-state index in [4.69, 9.17) is 63.6 Å². The molecule has 0 radical (unpaired) electrons. The van der Waals surface area contributed by atoms with Gasteiger partial charge in [0.2, 0.25) is 23.6 Å². The van der Waals surface area contributed by atoms with Crippen LogP contribution in [0.2, 0.25) is 0 Å². The zero-order chi connectivity index (χ0) is 51.8. The Morgan fingerprint density at radius 3 is 1.21 bits per heavy atom. The van der Waals surface area contributed by atoms with Gasteiger partial charge in [-0.2, -0.15) is 0 Å². The summed E-state index contributed by atoms with van der Waals surface area (Å²) in [7, 11) is 0. The van der Waals surface area contributed by atoms with Crippen molar-refractivity contribution in [1.82, 2.24) is 16.0 Å². The molecule has 404 valence electrons. The molecule has 4 rings (SSSR count). The highest BCUT2D eigenvalue weighted by molar-refractivity contribution is 5.93. The highest BCUT2D eigenvalue weighted by Crippen LogP contribution is 2.19. The molecule has 0 spiro atoms. The predicted octanol–water partition coefficient (Wildman–Crippen LogP) is 1.88. The summed E-state index contributed by atoms with van der Waals surface area (Å²) < 4.78 is 60.0. The van der Waals surface area contributed by atoms with Crippen LogP contribution in [0.15, 0.2) is 84.9 Å². The highest BCUT2D eigenvalue weighted by Gasteiger charge is 2.28. The van der Waals surface area contributed by atoms with Gasteiger partial charge in [-0.1, -0.05) is 84.9 Å². The van der Waals surface area contributed by atoms with Crippen LogP contribution in [-0.4, -0.2) is 194 Å². The van der Waals surface area contributed by atoms with Gasteiger partial charge in [-0.25, -0.2) is 0 Å². The number of amides is 4. The summed E-state index contributed by atoms with van der Waals surface area (Å²) in [6.07, 6.45) is 0.391. The van der Waals surface area contributed by atoms with Crippen molar-refractivity contribution < 1.29 is 71.3 Å². The van der Waals surface area contributed by atoms with Crippen molar-refractivity contribution in [3.63, 3.8) is 0 Å². The molecule has 0 bridgehead atoms. The van der Waals surface area contributed by atoms with Crippen LogP contribution >= 0.6 is 0 Å².